The van der Waals surface area contributed by atoms with Crippen LogP contribution >= 0.6 is 0 Å². The Hall–Kier alpha value is -1.30. The summed E-state index contributed by atoms with van der Waals surface area (Å²) in [6.07, 6.45) is 4.75. The van der Waals surface area contributed by atoms with E-state index in [1.807, 2.05) is 4.90 Å². The van der Waals surface area contributed by atoms with Crippen LogP contribution in [-0.4, -0.2) is 76.1 Å². The number of carbonyl (C=O) groups is 2. The second-order valence-electron chi connectivity index (χ2n) is 6.62. The molecule has 3 unspecified atom stereocenters. The smallest absolute Gasteiger partial charge is 0.326 e. The Morgan fingerprint density at radius 1 is 1.00 bits per heavy atom. The molecule has 0 aliphatic carbocycles. The van der Waals surface area contributed by atoms with Crippen LogP contribution in [0.1, 0.15) is 39.0 Å². The van der Waals surface area contributed by atoms with Crippen LogP contribution in [0.5, 0.6) is 0 Å². The van der Waals surface area contributed by atoms with Crippen LogP contribution in [0.3, 0.4) is 0 Å². The molecule has 118 valence electrons. The van der Waals surface area contributed by atoms with Crippen molar-refractivity contribution in [2.75, 3.05) is 26.2 Å². The summed E-state index contributed by atoms with van der Waals surface area (Å²) < 4.78 is 0. The molecule has 2 amide bonds. The largest absolute Gasteiger partial charge is 0.480 e. The third kappa shape index (κ3) is 2.73. The third-order valence-electron chi connectivity index (χ3n) is 5.22. The van der Waals surface area contributed by atoms with Gasteiger partial charge >= 0.3 is 12.0 Å². The van der Waals surface area contributed by atoms with E-state index in [0.717, 1.165) is 38.9 Å². The van der Waals surface area contributed by atoms with E-state index in [1.165, 1.54) is 6.42 Å². The molecule has 0 bridgehead atoms. The van der Waals surface area contributed by atoms with Crippen molar-refractivity contribution in [3.63, 3.8) is 0 Å². The lowest BCUT2D eigenvalue weighted by Crippen LogP contribution is -2.62. The van der Waals surface area contributed by atoms with Crippen molar-refractivity contribution in [1.82, 2.24) is 14.7 Å². The average Bonchev–Trinajstić information content (AvgIpc) is 2.92. The minimum atomic E-state index is -0.866. The second-order valence-corrected chi connectivity index (χ2v) is 6.62. The lowest BCUT2D eigenvalue weighted by atomic mass is 10.0. The van der Waals surface area contributed by atoms with Gasteiger partial charge in [-0.2, -0.15) is 0 Å². The molecule has 3 heterocycles. The van der Waals surface area contributed by atoms with Crippen LogP contribution in [-0.2, 0) is 4.79 Å². The fourth-order valence-corrected chi connectivity index (χ4v) is 4.04. The number of hydrogen-bond donors (Lipinski definition) is 1. The number of hydrogen-bond acceptors (Lipinski definition) is 3. The van der Waals surface area contributed by atoms with Crippen molar-refractivity contribution < 1.29 is 14.7 Å². The lowest BCUT2D eigenvalue weighted by Gasteiger charge is -2.45. The molecule has 3 aliphatic rings. The molecular formula is C15H25N3O3. The van der Waals surface area contributed by atoms with E-state index in [1.54, 1.807) is 4.90 Å². The number of carboxylic acid groups (broad SMARTS) is 1. The molecule has 3 aliphatic heterocycles. The summed E-state index contributed by atoms with van der Waals surface area (Å²) in [6, 6.07) is -0.0670. The number of aliphatic carboxylic acids is 1. The number of rotatable bonds is 1. The molecule has 3 atom stereocenters. The molecule has 3 saturated heterocycles. The van der Waals surface area contributed by atoms with E-state index in [0.29, 0.717) is 19.0 Å². The van der Waals surface area contributed by atoms with Gasteiger partial charge in [0.05, 0.1) is 0 Å². The fraction of sp³-hybridized carbons (Fsp3) is 0.867. The lowest BCUT2D eigenvalue weighted by molar-refractivity contribution is -0.143. The summed E-state index contributed by atoms with van der Waals surface area (Å²) in [7, 11) is 0. The second kappa shape index (κ2) is 5.83. The minimum absolute atomic E-state index is 0.0684. The Morgan fingerprint density at radius 2 is 1.81 bits per heavy atom. The maximum Gasteiger partial charge on any atom is 0.326 e. The Kier molecular flexibility index (Phi) is 4.06. The summed E-state index contributed by atoms with van der Waals surface area (Å²) in [4.78, 5) is 30.2. The van der Waals surface area contributed by atoms with Gasteiger partial charge in [-0.15, -0.1) is 0 Å². The quantitative estimate of drug-likeness (QED) is 0.790. The van der Waals surface area contributed by atoms with Gasteiger partial charge in [0.25, 0.3) is 0 Å². The summed E-state index contributed by atoms with van der Waals surface area (Å²) in [6.45, 7) is 5.46. The highest BCUT2D eigenvalue weighted by atomic mass is 16.4. The molecule has 6 heteroatoms. The van der Waals surface area contributed by atoms with Crippen molar-refractivity contribution in [1.29, 1.82) is 0 Å². The molecular weight excluding hydrogens is 270 g/mol. The zero-order valence-corrected chi connectivity index (χ0v) is 12.7. The van der Waals surface area contributed by atoms with Gasteiger partial charge in [-0.25, -0.2) is 9.59 Å². The summed E-state index contributed by atoms with van der Waals surface area (Å²) >= 11 is 0. The Morgan fingerprint density at radius 3 is 2.57 bits per heavy atom. The number of amides is 2. The zero-order valence-electron chi connectivity index (χ0n) is 12.7. The molecule has 21 heavy (non-hydrogen) atoms. The maximum absolute atomic E-state index is 12.8. The first-order chi connectivity index (χ1) is 10.1. The minimum Gasteiger partial charge on any atom is -0.480 e. The first-order valence-electron chi connectivity index (χ1n) is 8.12. The molecule has 1 N–H and O–H groups in total. The SMILES string of the molecule is CC1CN2CCCC2CN1C(=O)N1CCCCC1C(=O)O. The highest BCUT2D eigenvalue weighted by molar-refractivity contribution is 5.83. The van der Waals surface area contributed by atoms with Gasteiger partial charge in [0.1, 0.15) is 6.04 Å². The maximum atomic E-state index is 12.8. The molecule has 6 nitrogen and oxygen atoms in total. The molecule has 3 rings (SSSR count). The number of piperidine rings is 1. The summed E-state index contributed by atoms with van der Waals surface area (Å²) in [5.74, 6) is -0.866. The van der Waals surface area contributed by atoms with E-state index in [4.69, 9.17) is 0 Å². The molecule has 0 saturated carbocycles. The topological polar surface area (TPSA) is 64.1 Å². The van der Waals surface area contributed by atoms with Crippen LogP contribution in [0.25, 0.3) is 0 Å². The van der Waals surface area contributed by atoms with Gasteiger partial charge in [-0.1, -0.05) is 0 Å². The number of carboxylic acids is 1. The first-order valence-corrected chi connectivity index (χ1v) is 8.12. The Labute approximate surface area is 125 Å². The summed E-state index contributed by atoms with van der Waals surface area (Å²) in [5.41, 5.74) is 0. The number of urea groups is 1. The molecule has 3 fully saturated rings. The first kappa shape index (κ1) is 14.6. The number of fused-ring (bicyclic) bond motifs is 1. The van der Waals surface area contributed by atoms with Crippen molar-refractivity contribution in [2.45, 2.75) is 57.2 Å². The molecule has 0 aromatic carbocycles. The predicted molar refractivity (Wildman–Crippen MR) is 78.1 cm³/mol. The Bertz CT molecular complexity index is 428. The number of carbonyl (C=O) groups excluding carboxylic acids is 1. The molecule has 0 aromatic rings. The van der Waals surface area contributed by atoms with E-state index < -0.39 is 12.0 Å². The highest BCUT2D eigenvalue weighted by Crippen LogP contribution is 2.27. The average molecular weight is 295 g/mol. The van der Waals surface area contributed by atoms with E-state index >= 15 is 0 Å². The van der Waals surface area contributed by atoms with E-state index in [-0.39, 0.29) is 12.1 Å². The van der Waals surface area contributed by atoms with Gasteiger partial charge in [0.2, 0.25) is 0 Å². The predicted octanol–water partition coefficient (Wildman–Crippen LogP) is 1.21. The van der Waals surface area contributed by atoms with Crippen molar-refractivity contribution >= 4 is 12.0 Å². The molecule has 0 aromatic heterocycles. The van der Waals surface area contributed by atoms with Crippen LogP contribution in [0.4, 0.5) is 4.79 Å². The van der Waals surface area contributed by atoms with Gasteiger partial charge in [-0.3, -0.25) is 4.90 Å². The van der Waals surface area contributed by atoms with Gasteiger partial charge in [0, 0.05) is 31.7 Å². The van der Waals surface area contributed by atoms with E-state index in [2.05, 4.69) is 11.8 Å². The van der Waals surface area contributed by atoms with Gasteiger partial charge < -0.3 is 14.9 Å². The van der Waals surface area contributed by atoms with Crippen molar-refractivity contribution in [3.8, 4) is 0 Å². The summed E-state index contributed by atoms with van der Waals surface area (Å²) in [5, 5.41) is 9.35. The monoisotopic (exact) mass is 295 g/mol. The Balaban J connectivity index is 1.72. The van der Waals surface area contributed by atoms with Gasteiger partial charge in [-0.05, 0) is 45.6 Å². The van der Waals surface area contributed by atoms with Crippen molar-refractivity contribution in [2.24, 2.45) is 0 Å². The van der Waals surface area contributed by atoms with Crippen LogP contribution in [0.15, 0.2) is 0 Å². The molecule has 0 spiro atoms. The highest BCUT2D eigenvalue weighted by Gasteiger charge is 2.41. The zero-order chi connectivity index (χ0) is 15.0. The standard InChI is InChI=1S/C15H25N3O3/c1-11-9-16-7-4-5-12(16)10-18(11)15(21)17-8-3-2-6-13(17)14(19)20/h11-13H,2-10H2,1H3,(H,19,20). The van der Waals surface area contributed by atoms with E-state index in [9.17, 15) is 14.7 Å². The van der Waals surface area contributed by atoms with Crippen LogP contribution in [0.2, 0.25) is 0 Å². The normalized spacial score (nSPS) is 33.9. The fourth-order valence-electron chi connectivity index (χ4n) is 4.04. The van der Waals surface area contributed by atoms with Crippen LogP contribution in [0, 0.1) is 0 Å². The number of nitrogens with zero attached hydrogens (tertiary/aromatic N) is 3. The number of likely N-dealkylation sites (tertiary alicyclic amines) is 1. The molecule has 0 radical (unpaired) electrons. The van der Waals surface area contributed by atoms with Gasteiger partial charge in [0.15, 0.2) is 0 Å². The number of piperazine rings is 1. The van der Waals surface area contributed by atoms with Crippen LogP contribution < -0.4 is 0 Å². The van der Waals surface area contributed by atoms with Crippen molar-refractivity contribution in [3.05, 3.63) is 0 Å². The third-order valence-corrected chi connectivity index (χ3v) is 5.22.